The second-order valence-corrected chi connectivity index (χ2v) is 10.6. The first-order valence-electron chi connectivity index (χ1n) is 13.4. The molecule has 1 aliphatic rings. The zero-order chi connectivity index (χ0) is 26.2. The van der Waals surface area contributed by atoms with Crippen LogP contribution in [-0.4, -0.2) is 0 Å². The van der Waals surface area contributed by atoms with Crippen LogP contribution in [0.2, 0.25) is 0 Å². The average molecular weight is 484 g/mol. The summed E-state index contributed by atoms with van der Waals surface area (Å²) in [6, 6.07) is 31.5. The van der Waals surface area contributed by atoms with Crippen molar-refractivity contribution in [2.45, 2.75) is 53.4 Å². The van der Waals surface area contributed by atoms with Crippen molar-refractivity contribution in [2.24, 2.45) is 0 Å². The minimum absolute atomic E-state index is 0.0346. The van der Waals surface area contributed by atoms with Gasteiger partial charge in [-0.3, -0.25) is 0 Å². The van der Waals surface area contributed by atoms with E-state index in [1.807, 2.05) is 0 Å². The summed E-state index contributed by atoms with van der Waals surface area (Å²) in [5.41, 5.74) is 14.1. The normalized spacial score (nSPS) is 14.1. The van der Waals surface area contributed by atoms with E-state index in [2.05, 4.69) is 150 Å². The summed E-state index contributed by atoms with van der Waals surface area (Å²) in [6.45, 7) is 13.4. The van der Waals surface area contributed by atoms with Crippen molar-refractivity contribution in [1.82, 2.24) is 0 Å². The van der Waals surface area contributed by atoms with Gasteiger partial charge in [0.1, 0.15) is 0 Å². The molecule has 0 amide bonds. The van der Waals surface area contributed by atoms with Gasteiger partial charge < -0.3 is 4.90 Å². The standard InChI is InChI=1S/C36H37N/c1-7-9-13-27(8-2)28-19-22-29(23-20-28)37(30-21-18-25(3)26(4)24-30)34-17-12-16-33-35(34)31-14-10-11-15-32(31)36(33,5)6/h8-24H,7H2,1-6H3/b13-9-,27-8+. The SMILES string of the molecule is C/C=C(\C=C/CC)c1ccc(N(c2ccc(C)c(C)c2)c2cccc3c2-c2ccccc2C3(C)C)cc1. The molecule has 186 valence electrons. The van der Waals surface area contributed by atoms with Gasteiger partial charge in [-0.2, -0.15) is 0 Å². The lowest BCUT2D eigenvalue weighted by Gasteiger charge is -2.29. The van der Waals surface area contributed by atoms with Crippen LogP contribution in [0.4, 0.5) is 17.1 Å². The van der Waals surface area contributed by atoms with Gasteiger partial charge in [0.05, 0.1) is 5.69 Å². The zero-order valence-electron chi connectivity index (χ0n) is 23.0. The van der Waals surface area contributed by atoms with Crippen molar-refractivity contribution in [2.75, 3.05) is 4.90 Å². The molecule has 4 aromatic rings. The Morgan fingerprint density at radius 3 is 2.19 bits per heavy atom. The van der Waals surface area contributed by atoms with Gasteiger partial charge in [-0.1, -0.05) is 93.6 Å². The third-order valence-electron chi connectivity index (χ3n) is 7.88. The molecule has 1 aliphatic carbocycles. The minimum Gasteiger partial charge on any atom is -0.310 e. The van der Waals surface area contributed by atoms with Crippen molar-refractivity contribution in [1.29, 1.82) is 0 Å². The summed E-state index contributed by atoms with van der Waals surface area (Å²) in [7, 11) is 0. The van der Waals surface area contributed by atoms with Crippen LogP contribution < -0.4 is 4.90 Å². The maximum Gasteiger partial charge on any atom is 0.0543 e. The first kappa shape index (κ1) is 24.8. The summed E-state index contributed by atoms with van der Waals surface area (Å²) >= 11 is 0. The molecule has 4 aromatic carbocycles. The maximum atomic E-state index is 2.43. The number of hydrogen-bond donors (Lipinski definition) is 0. The van der Waals surface area contributed by atoms with Gasteiger partial charge in [-0.15, -0.1) is 0 Å². The van der Waals surface area contributed by atoms with E-state index in [1.54, 1.807) is 0 Å². The Hall–Kier alpha value is -3.84. The Labute approximate surface area is 222 Å². The Balaban J connectivity index is 1.72. The van der Waals surface area contributed by atoms with Gasteiger partial charge >= 0.3 is 0 Å². The average Bonchev–Trinajstić information content (AvgIpc) is 3.15. The molecule has 0 N–H and O–H groups in total. The van der Waals surface area contributed by atoms with E-state index in [0.29, 0.717) is 0 Å². The molecule has 0 atom stereocenters. The highest BCUT2D eigenvalue weighted by Crippen LogP contribution is 2.54. The fourth-order valence-electron chi connectivity index (χ4n) is 5.62. The molecule has 0 heterocycles. The first-order valence-corrected chi connectivity index (χ1v) is 13.4. The zero-order valence-corrected chi connectivity index (χ0v) is 23.0. The smallest absolute Gasteiger partial charge is 0.0543 e. The number of nitrogens with zero attached hydrogens (tertiary/aromatic N) is 1. The van der Waals surface area contributed by atoms with Crippen molar-refractivity contribution in [3.8, 4) is 11.1 Å². The number of allylic oxidation sites excluding steroid dienone is 4. The molecule has 37 heavy (non-hydrogen) atoms. The highest BCUT2D eigenvalue weighted by Gasteiger charge is 2.37. The van der Waals surface area contributed by atoms with E-state index in [-0.39, 0.29) is 5.41 Å². The largest absolute Gasteiger partial charge is 0.310 e. The van der Waals surface area contributed by atoms with Crippen LogP contribution in [-0.2, 0) is 5.41 Å². The van der Waals surface area contributed by atoms with E-state index < -0.39 is 0 Å². The van der Waals surface area contributed by atoms with Gasteiger partial charge in [0.2, 0.25) is 0 Å². The molecule has 0 radical (unpaired) electrons. The molecule has 0 unspecified atom stereocenters. The predicted molar refractivity (Wildman–Crippen MR) is 161 cm³/mol. The second kappa shape index (κ2) is 9.90. The Morgan fingerprint density at radius 1 is 0.784 bits per heavy atom. The van der Waals surface area contributed by atoms with Crippen LogP contribution in [0.1, 0.15) is 61.9 Å². The van der Waals surface area contributed by atoms with Crippen molar-refractivity contribution >= 4 is 22.6 Å². The van der Waals surface area contributed by atoms with E-state index >= 15 is 0 Å². The van der Waals surface area contributed by atoms with Gasteiger partial charge in [-0.25, -0.2) is 0 Å². The third kappa shape index (κ3) is 4.33. The fourth-order valence-corrected chi connectivity index (χ4v) is 5.62. The highest BCUT2D eigenvalue weighted by molar-refractivity contribution is 5.95. The minimum atomic E-state index is -0.0346. The Bertz CT molecular complexity index is 1500. The number of anilines is 3. The molecule has 0 aliphatic heterocycles. The number of hydrogen-bond acceptors (Lipinski definition) is 1. The third-order valence-corrected chi connectivity index (χ3v) is 7.88. The number of aryl methyl sites for hydroxylation is 2. The molecular formula is C36H37N. The quantitative estimate of drug-likeness (QED) is 0.247. The summed E-state index contributed by atoms with van der Waals surface area (Å²) in [5.74, 6) is 0. The van der Waals surface area contributed by atoms with Crippen LogP contribution in [0.25, 0.3) is 16.7 Å². The lowest BCUT2D eigenvalue weighted by molar-refractivity contribution is 0.660. The summed E-state index contributed by atoms with van der Waals surface area (Å²) in [5, 5.41) is 0. The topological polar surface area (TPSA) is 3.24 Å². The number of rotatable bonds is 6. The van der Waals surface area contributed by atoms with Crippen LogP contribution in [0, 0.1) is 13.8 Å². The Kier molecular flexibility index (Phi) is 6.65. The van der Waals surface area contributed by atoms with Gasteiger partial charge in [0.15, 0.2) is 0 Å². The second-order valence-electron chi connectivity index (χ2n) is 10.6. The molecule has 0 aromatic heterocycles. The van der Waals surface area contributed by atoms with E-state index in [1.165, 1.54) is 55.9 Å². The highest BCUT2D eigenvalue weighted by atomic mass is 15.1. The molecule has 1 nitrogen and oxygen atoms in total. The maximum absolute atomic E-state index is 2.43. The van der Waals surface area contributed by atoms with Crippen molar-refractivity contribution < 1.29 is 0 Å². The predicted octanol–water partition coefficient (Wildman–Crippen LogP) is 10.4. The monoisotopic (exact) mass is 483 g/mol. The molecule has 0 saturated heterocycles. The summed E-state index contributed by atoms with van der Waals surface area (Å²) in [6.07, 6.45) is 7.66. The lowest BCUT2D eigenvalue weighted by Crippen LogP contribution is -2.16. The van der Waals surface area contributed by atoms with Gasteiger partial charge in [0.25, 0.3) is 0 Å². The molecule has 0 bridgehead atoms. The number of benzene rings is 4. The van der Waals surface area contributed by atoms with Crippen LogP contribution in [0.5, 0.6) is 0 Å². The van der Waals surface area contributed by atoms with Crippen molar-refractivity contribution in [3.05, 3.63) is 131 Å². The van der Waals surface area contributed by atoms with E-state index in [9.17, 15) is 0 Å². The van der Waals surface area contributed by atoms with Crippen LogP contribution >= 0.6 is 0 Å². The van der Waals surface area contributed by atoms with Gasteiger partial charge in [-0.05, 0) is 96.5 Å². The molecule has 0 spiro atoms. The molecule has 1 heteroatoms. The summed E-state index contributed by atoms with van der Waals surface area (Å²) in [4.78, 5) is 2.43. The molecule has 0 fully saturated rings. The Morgan fingerprint density at radius 2 is 1.49 bits per heavy atom. The fraction of sp³-hybridized carbons (Fsp3) is 0.222. The molecule has 0 saturated carbocycles. The first-order chi connectivity index (χ1) is 17.9. The lowest BCUT2D eigenvalue weighted by atomic mass is 9.82. The van der Waals surface area contributed by atoms with Gasteiger partial charge in [0, 0.05) is 22.4 Å². The van der Waals surface area contributed by atoms with Crippen LogP contribution in [0.15, 0.2) is 103 Å². The van der Waals surface area contributed by atoms with E-state index in [0.717, 1.165) is 12.1 Å². The number of fused-ring (bicyclic) bond motifs is 3. The van der Waals surface area contributed by atoms with Crippen molar-refractivity contribution in [3.63, 3.8) is 0 Å². The molecular weight excluding hydrogens is 446 g/mol. The summed E-state index contributed by atoms with van der Waals surface area (Å²) < 4.78 is 0. The van der Waals surface area contributed by atoms with Crippen LogP contribution in [0.3, 0.4) is 0 Å². The molecule has 5 rings (SSSR count). The van der Waals surface area contributed by atoms with E-state index in [4.69, 9.17) is 0 Å².